The zero-order chi connectivity index (χ0) is 18.8. The van der Waals surface area contributed by atoms with Gasteiger partial charge in [0, 0.05) is 23.2 Å². The number of aryl methyl sites for hydroxylation is 1. The van der Waals surface area contributed by atoms with Gasteiger partial charge in [0.05, 0.1) is 23.1 Å². The van der Waals surface area contributed by atoms with Crippen LogP contribution >= 0.6 is 0 Å². The molecule has 0 unspecified atom stereocenters. The molecule has 0 spiro atoms. The molecular formula is C20H17FN4O2. The topological polar surface area (TPSA) is 71.3 Å². The molecule has 0 bridgehead atoms. The Balaban J connectivity index is 1.65. The molecule has 6 nitrogen and oxygen atoms in total. The summed E-state index contributed by atoms with van der Waals surface area (Å²) in [5.41, 5.74) is 8.97. The predicted octanol–water partition coefficient (Wildman–Crippen LogP) is 4.47. The van der Waals surface area contributed by atoms with E-state index in [0.29, 0.717) is 17.1 Å². The number of fused-ring (bicyclic) bond motifs is 1. The third kappa shape index (κ3) is 3.62. The summed E-state index contributed by atoms with van der Waals surface area (Å²) < 4.78 is 15.2. The molecule has 0 radical (unpaired) electrons. The van der Waals surface area contributed by atoms with Crippen LogP contribution in [-0.4, -0.2) is 14.8 Å². The summed E-state index contributed by atoms with van der Waals surface area (Å²) in [6, 6.07) is 16.5. The highest BCUT2D eigenvalue weighted by atomic mass is 19.1. The number of phenols is 1. The van der Waals surface area contributed by atoms with E-state index in [1.807, 2.05) is 19.1 Å². The first kappa shape index (κ1) is 16.7. The number of nitrogens with zero attached hydrogens (tertiary/aromatic N) is 2. The number of anilines is 2. The number of hydrogen-bond donors (Lipinski definition) is 3. The lowest BCUT2D eigenvalue weighted by atomic mass is 10.2. The average molecular weight is 364 g/mol. The van der Waals surface area contributed by atoms with Crippen molar-refractivity contribution in [1.82, 2.24) is 9.71 Å². The maximum Gasteiger partial charge on any atom is 0.246 e. The van der Waals surface area contributed by atoms with Gasteiger partial charge in [-0.3, -0.25) is 5.43 Å². The Labute approximate surface area is 154 Å². The summed E-state index contributed by atoms with van der Waals surface area (Å²) in [5.74, 6) is 0.238. The third-order valence-corrected chi connectivity index (χ3v) is 4.00. The van der Waals surface area contributed by atoms with Gasteiger partial charge in [0.25, 0.3) is 0 Å². The molecule has 2 aromatic heterocycles. The van der Waals surface area contributed by atoms with Gasteiger partial charge in [-0.2, -0.15) is 4.73 Å². The number of aromatic hydroxyl groups is 1. The summed E-state index contributed by atoms with van der Waals surface area (Å²) in [7, 11) is 0. The Kier molecular flexibility index (Phi) is 4.25. The van der Waals surface area contributed by atoms with Crippen LogP contribution in [0.5, 0.6) is 11.6 Å². The summed E-state index contributed by atoms with van der Waals surface area (Å²) in [6.45, 7) is 1.87. The fourth-order valence-corrected chi connectivity index (χ4v) is 2.70. The SMILES string of the molecule is Cc1cccc(On2cc(NNc3ccc(O)cc3)c3ccc(F)cc32)n1. The van der Waals surface area contributed by atoms with Crippen molar-refractivity contribution in [2.24, 2.45) is 0 Å². The summed E-state index contributed by atoms with van der Waals surface area (Å²) in [6.07, 6.45) is 1.71. The number of benzene rings is 2. The second kappa shape index (κ2) is 6.87. The molecule has 4 rings (SSSR count). The molecule has 2 heterocycles. The van der Waals surface area contributed by atoms with E-state index in [9.17, 15) is 9.50 Å². The van der Waals surface area contributed by atoms with Gasteiger partial charge in [0.1, 0.15) is 11.6 Å². The quantitative estimate of drug-likeness (QED) is 0.360. The van der Waals surface area contributed by atoms with Crippen molar-refractivity contribution in [3.63, 3.8) is 0 Å². The first-order valence-corrected chi connectivity index (χ1v) is 8.32. The van der Waals surface area contributed by atoms with E-state index in [4.69, 9.17) is 4.84 Å². The molecule has 27 heavy (non-hydrogen) atoms. The smallest absolute Gasteiger partial charge is 0.246 e. The van der Waals surface area contributed by atoms with Gasteiger partial charge in [0.2, 0.25) is 5.88 Å². The minimum atomic E-state index is -0.360. The number of halogens is 1. The monoisotopic (exact) mass is 364 g/mol. The average Bonchev–Trinajstić information content (AvgIpc) is 2.98. The van der Waals surface area contributed by atoms with E-state index in [1.165, 1.54) is 16.9 Å². The largest absolute Gasteiger partial charge is 0.508 e. The van der Waals surface area contributed by atoms with Crippen LogP contribution < -0.4 is 15.7 Å². The molecule has 2 aromatic carbocycles. The zero-order valence-electron chi connectivity index (χ0n) is 14.5. The van der Waals surface area contributed by atoms with E-state index in [2.05, 4.69) is 15.8 Å². The molecule has 4 aromatic rings. The van der Waals surface area contributed by atoms with Crippen molar-refractivity contribution in [2.75, 3.05) is 10.9 Å². The van der Waals surface area contributed by atoms with Gasteiger partial charge in [-0.05, 0) is 49.4 Å². The van der Waals surface area contributed by atoms with Crippen LogP contribution in [0.1, 0.15) is 5.69 Å². The van der Waals surface area contributed by atoms with E-state index in [1.54, 1.807) is 42.6 Å². The first-order valence-electron chi connectivity index (χ1n) is 8.32. The number of hydrazine groups is 1. The molecule has 0 amide bonds. The number of phenolic OH excluding ortho intramolecular Hbond substituents is 1. The normalized spacial score (nSPS) is 10.7. The molecule has 0 fully saturated rings. The van der Waals surface area contributed by atoms with Crippen LogP contribution in [0.3, 0.4) is 0 Å². The Morgan fingerprint density at radius 1 is 1.04 bits per heavy atom. The van der Waals surface area contributed by atoms with Crippen molar-refractivity contribution < 1.29 is 14.3 Å². The highest BCUT2D eigenvalue weighted by molar-refractivity contribution is 5.93. The Morgan fingerprint density at radius 3 is 2.63 bits per heavy atom. The molecule has 0 saturated heterocycles. The number of aromatic nitrogens is 2. The van der Waals surface area contributed by atoms with Crippen molar-refractivity contribution in [1.29, 1.82) is 0 Å². The zero-order valence-corrected chi connectivity index (χ0v) is 14.5. The Bertz CT molecular complexity index is 1090. The fourth-order valence-electron chi connectivity index (χ4n) is 2.70. The minimum absolute atomic E-state index is 0.187. The van der Waals surface area contributed by atoms with Crippen LogP contribution in [-0.2, 0) is 0 Å². The lowest BCUT2D eigenvalue weighted by Gasteiger charge is -2.08. The highest BCUT2D eigenvalue weighted by Gasteiger charge is 2.12. The van der Waals surface area contributed by atoms with Crippen LogP contribution in [0, 0.1) is 12.7 Å². The van der Waals surface area contributed by atoms with E-state index in [0.717, 1.165) is 16.8 Å². The number of nitrogens with one attached hydrogen (secondary N) is 2. The molecule has 0 atom stereocenters. The molecule has 0 saturated carbocycles. The number of hydrogen-bond acceptors (Lipinski definition) is 5. The van der Waals surface area contributed by atoms with Gasteiger partial charge in [-0.25, -0.2) is 9.37 Å². The molecule has 0 aliphatic rings. The maximum atomic E-state index is 13.8. The summed E-state index contributed by atoms with van der Waals surface area (Å²) >= 11 is 0. The second-order valence-corrected chi connectivity index (χ2v) is 6.04. The molecule has 3 N–H and O–H groups in total. The Hall–Kier alpha value is -3.74. The van der Waals surface area contributed by atoms with Gasteiger partial charge in [0.15, 0.2) is 0 Å². The predicted molar refractivity (Wildman–Crippen MR) is 102 cm³/mol. The maximum absolute atomic E-state index is 13.8. The molecular weight excluding hydrogens is 347 g/mol. The molecule has 0 aliphatic carbocycles. The summed E-state index contributed by atoms with van der Waals surface area (Å²) in [5, 5.41) is 10.1. The number of rotatable bonds is 5. The first-order chi connectivity index (χ1) is 13.1. The van der Waals surface area contributed by atoms with Crippen molar-refractivity contribution >= 4 is 22.3 Å². The van der Waals surface area contributed by atoms with Crippen LogP contribution in [0.15, 0.2) is 66.9 Å². The van der Waals surface area contributed by atoms with Gasteiger partial charge >= 0.3 is 0 Å². The number of pyridine rings is 1. The highest BCUT2D eigenvalue weighted by Crippen LogP contribution is 2.27. The van der Waals surface area contributed by atoms with Crippen LogP contribution in [0.2, 0.25) is 0 Å². The third-order valence-electron chi connectivity index (χ3n) is 4.00. The van der Waals surface area contributed by atoms with E-state index < -0.39 is 0 Å². The van der Waals surface area contributed by atoms with Gasteiger partial charge in [-0.1, -0.05) is 6.07 Å². The van der Waals surface area contributed by atoms with E-state index in [-0.39, 0.29) is 11.6 Å². The van der Waals surface area contributed by atoms with Gasteiger partial charge in [-0.15, -0.1) is 0 Å². The lowest BCUT2D eigenvalue weighted by molar-refractivity contribution is 0.219. The lowest BCUT2D eigenvalue weighted by Crippen LogP contribution is -2.08. The van der Waals surface area contributed by atoms with Crippen LogP contribution in [0.4, 0.5) is 15.8 Å². The molecule has 7 heteroatoms. The Morgan fingerprint density at radius 2 is 1.85 bits per heavy atom. The standard InChI is InChI=1S/C20H17FN4O2/c1-13-3-2-4-20(22-13)27-25-12-18(17-10-5-14(21)11-19(17)25)24-23-15-6-8-16(26)9-7-15/h2-12,23-24,26H,1H3. The van der Waals surface area contributed by atoms with Crippen molar-refractivity contribution in [2.45, 2.75) is 6.92 Å². The fraction of sp³-hybridized carbons (Fsp3) is 0.0500. The van der Waals surface area contributed by atoms with Crippen molar-refractivity contribution in [3.05, 3.63) is 78.4 Å². The van der Waals surface area contributed by atoms with E-state index >= 15 is 0 Å². The molecule has 0 aliphatic heterocycles. The van der Waals surface area contributed by atoms with Gasteiger partial charge < -0.3 is 15.4 Å². The second-order valence-electron chi connectivity index (χ2n) is 6.04. The van der Waals surface area contributed by atoms with Crippen LogP contribution in [0.25, 0.3) is 10.9 Å². The summed E-state index contributed by atoms with van der Waals surface area (Å²) in [4.78, 5) is 10.1. The van der Waals surface area contributed by atoms with Crippen molar-refractivity contribution in [3.8, 4) is 11.6 Å². The minimum Gasteiger partial charge on any atom is -0.508 e. The molecule has 136 valence electrons.